The van der Waals surface area contributed by atoms with Crippen LogP contribution in [0.3, 0.4) is 0 Å². The molecule has 0 spiro atoms. The number of nitrogens with zero attached hydrogens (tertiary/aromatic N) is 5. The summed E-state index contributed by atoms with van der Waals surface area (Å²) in [5, 5.41) is 2.34. The number of benzene rings is 1. The van der Waals surface area contributed by atoms with Gasteiger partial charge in [-0.1, -0.05) is 24.3 Å². The summed E-state index contributed by atoms with van der Waals surface area (Å²) in [5.74, 6) is 1.52. The highest BCUT2D eigenvalue weighted by Gasteiger charge is 2.25. The Hall–Kier alpha value is -2.93. The lowest BCUT2D eigenvalue weighted by molar-refractivity contribution is 0.187. The highest BCUT2D eigenvalue weighted by atomic mass is 16.5. The molecule has 1 aromatic carbocycles. The molecular weight excluding hydrogens is 364 g/mol. The monoisotopic (exact) mass is 390 g/mol. The number of likely N-dealkylation sites (N-methyl/N-ethyl adjacent to an activating group) is 1. The molecule has 0 radical (unpaired) electrons. The minimum absolute atomic E-state index is 0.384. The van der Waals surface area contributed by atoms with Crippen molar-refractivity contribution < 1.29 is 4.74 Å². The van der Waals surface area contributed by atoms with Gasteiger partial charge in [0.25, 0.3) is 0 Å². The number of ether oxygens (including phenoxy) is 1. The number of hydrogen-bond donors (Lipinski definition) is 1. The van der Waals surface area contributed by atoms with Gasteiger partial charge < -0.3 is 20.3 Å². The smallest absolute Gasteiger partial charge is 0.318 e. The van der Waals surface area contributed by atoms with Crippen molar-refractivity contribution in [3.8, 4) is 6.01 Å². The number of aromatic nitrogens is 3. The molecule has 7 heteroatoms. The molecule has 0 unspecified atom stereocenters. The van der Waals surface area contributed by atoms with Crippen LogP contribution in [0.15, 0.2) is 36.5 Å². The molecule has 2 aromatic heterocycles. The Morgan fingerprint density at radius 3 is 2.93 bits per heavy atom. The van der Waals surface area contributed by atoms with E-state index in [1.807, 2.05) is 12.3 Å². The quantitative estimate of drug-likeness (QED) is 0.733. The van der Waals surface area contributed by atoms with Crippen molar-refractivity contribution in [3.05, 3.63) is 47.8 Å². The first-order valence-corrected chi connectivity index (χ1v) is 10.3. The van der Waals surface area contributed by atoms with E-state index in [0.29, 0.717) is 31.0 Å². The van der Waals surface area contributed by atoms with Crippen LogP contribution in [0.25, 0.3) is 10.8 Å². The molecule has 2 aliphatic heterocycles. The van der Waals surface area contributed by atoms with Gasteiger partial charge in [0.1, 0.15) is 18.2 Å². The zero-order valence-electron chi connectivity index (χ0n) is 16.7. The molecule has 3 aromatic rings. The van der Waals surface area contributed by atoms with Crippen molar-refractivity contribution in [2.24, 2.45) is 0 Å². The van der Waals surface area contributed by atoms with E-state index in [-0.39, 0.29) is 0 Å². The van der Waals surface area contributed by atoms with Crippen LogP contribution in [-0.2, 0) is 13.0 Å². The molecule has 29 heavy (non-hydrogen) atoms. The molecule has 1 saturated heterocycles. The van der Waals surface area contributed by atoms with E-state index in [4.69, 9.17) is 15.5 Å². The van der Waals surface area contributed by atoms with Crippen molar-refractivity contribution in [1.29, 1.82) is 0 Å². The van der Waals surface area contributed by atoms with Crippen LogP contribution in [-0.4, -0.2) is 52.6 Å². The first kappa shape index (κ1) is 18.1. The maximum Gasteiger partial charge on any atom is 0.318 e. The minimum Gasteiger partial charge on any atom is -0.462 e. The van der Waals surface area contributed by atoms with Gasteiger partial charge in [-0.15, -0.1) is 0 Å². The van der Waals surface area contributed by atoms with E-state index in [2.05, 4.69) is 51.1 Å². The van der Waals surface area contributed by atoms with Crippen LogP contribution in [0.5, 0.6) is 6.01 Å². The van der Waals surface area contributed by atoms with Gasteiger partial charge in [0.05, 0.1) is 12.2 Å². The summed E-state index contributed by atoms with van der Waals surface area (Å²) in [4.78, 5) is 18.4. The zero-order chi connectivity index (χ0) is 19.8. The zero-order valence-corrected chi connectivity index (χ0v) is 16.7. The first-order valence-electron chi connectivity index (χ1n) is 10.3. The van der Waals surface area contributed by atoms with Crippen LogP contribution in [0.1, 0.15) is 24.1 Å². The molecule has 0 amide bonds. The van der Waals surface area contributed by atoms with Gasteiger partial charge >= 0.3 is 6.01 Å². The van der Waals surface area contributed by atoms with Gasteiger partial charge in [0, 0.05) is 29.7 Å². The second-order valence-electron chi connectivity index (χ2n) is 7.93. The molecular formula is C22H26N6O. The maximum atomic E-state index is 6.25. The Bertz CT molecular complexity index is 1030. The van der Waals surface area contributed by atoms with E-state index in [1.165, 1.54) is 11.8 Å². The van der Waals surface area contributed by atoms with Crippen molar-refractivity contribution in [3.63, 3.8) is 0 Å². The van der Waals surface area contributed by atoms with Gasteiger partial charge in [0.2, 0.25) is 0 Å². The summed E-state index contributed by atoms with van der Waals surface area (Å²) >= 11 is 0. The van der Waals surface area contributed by atoms with Crippen molar-refractivity contribution in [2.45, 2.75) is 31.8 Å². The van der Waals surface area contributed by atoms with E-state index >= 15 is 0 Å². The van der Waals surface area contributed by atoms with E-state index in [1.54, 1.807) is 0 Å². The molecule has 4 heterocycles. The summed E-state index contributed by atoms with van der Waals surface area (Å²) < 4.78 is 5.94. The summed E-state index contributed by atoms with van der Waals surface area (Å²) in [6, 6.07) is 11.2. The van der Waals surface area contributed by atoms with Crippen LogP contribution in [0, 0.1) is 0 Å². The molecule has 0 aliphatic carbocycles. The predicted octanol–water partition coefficient (Wildman–Crippen LogP) is 2.64. The third kappa shape index (κ3) is 3.46. The van der Waals surface area contributed by atoms with Crippen molar-refractivity contribution >= 4 is 22.4 Å². The number of anilines is 2. The molecule has 5 rings (SSSR count). The van der Waals surface area contributed by atoms with Crippen molar-refractivity contribution in [2.75, 3.05) is 37.4 Å². The highest BCUT2D eigenvalue weighted by molar-refractivity contribution is 5.92. The number of rotatable bonds is 4. The average molecular weight is 390 g/mol. The molecule has 0 bridgehead atoms. The lowest BCUT2D eigenvalue weighted by Crippen LogP contribution is -2.33. The third-order valence-corrected chi connectivity index (χ3v) is 6.11. The Morgan fingerprint density at radius 2 is 2.07 bits per heavy atom. The fraction of sp³-hybridized carbons (Fsp3) is 0.409. The largest absolute Gasteiger partial charge is 0.462 e. The minimum atomic E-state index is 0.384. The summed E-state index contributed by atoms with van der Waals surface area (Å²) in [7, 11) is 2.14. The van der Waals surface area contributed by atoms with Crippen LogP contribution in [0.4, 0.5) is 11.6 Å². The van der Waals surface area contributed by atoms with Crippen molar-refractivity contribution in [1.82, 2.24) is 19.9 Å². The number of fused-ring (bicyclic) bond motifs is 2. The molecule has 2 aliphatic rings. The SMILES string of the molecule is CN1CCC[C@H]1COc1nc(N)c2c(n1)CN(c1nccc3ccccc13)CC2. The lowest BCUT2D eigenvalue weighted by Gasteiger charge is -2.30. The average Bonchev–Trinajstić information content (AvgIpc) is 3.16. The number of likely N-dealkylation sites (tertiary alicyclic amines) is 1. The molecule has 1 fully saturated rings. The Morgan fingerprint density at radius 1 is 1.17 bits per heavy atom. The Balaban J connectivity index is 1.39. The highest BCUT2D eigenvalue weighted by Crippen LogP contribution is 2.30. The molecule has 7 nitrogen and oxygen atoms in total. The summed E-state index contributed by atoms with van der Waals surface area (Å²) in [6.07, 6.45) is 5.04. The molecule has 0 saturated carbocycles. The topological polar surface area (TPSA) is 80.4 Å². The maximum absolute atomic E-state index is 6.25. The van der Waals surface area contributed by atoms with E-state index < -0.39 is 0 Å². The summed E-state index contributed by atoms with van der Waals surface area (Å²) in [5.41, 5.74) is 8.22. The standard InChI is InChI=1S/C22H26N6O/c1-27-11-4-6-16(27)14-29-22-25-19-13-28(12-9-18(19)20(23)26-22)21-17-7-3-2-5-15(17)8-10-24-21/h2-3,5,7-8,10,16H,4,6,9,11-14H2,1H3,(H2,23,25,26)/t16-/m0/s1. The lowest BCUT2D eigenvalue weighted by atomic mass is 10.0. The first-order chi connectivity index (χ1) is 14.2. The fourth-order valence-corrected chi connectivity index (χ4v) is 4.40. The second-order valence-corrected chi connectivity index (χ2v) is 7.93. The van der Waals surface area contributed by atoms with E-state index in [0.717, 1.165) is 48.4 Å². The number of nitrogen functional groups attached to an aromatic ring is 1. The van der Waals surface area contributed by atoms with Gasteiger partial charge in [-0.2, -0.15) is 9.97 Å². The van der Waals surface area contributed by atoms with Crippen LogP contribution < -0.4 is 15.4 Å². The Kier molecular flexibility index (Phi) is 4.67. The second kappa shape index (κ2) is 7.48. The summed E-state index contributed by atoms with van der Waals surface area (Å²) in [6.45, 7) is 3.22. The molecule has 150 valence electrons. The van der Waals surface area contributed by atoms with Gasteiger partial charge in [-0.05, 0) is 44.3 Å². The molecule has 1 atom stereocenters. The van der Waals surface area contributed by atoms with Crippen LogP contribution >= 0.6 is 0 Å². The molecule has 2 N–H and O–H groups in total. The number of pyridine rings is 1. The fourth-order valence-electron chi connectivity index (χ4n) is 4.40. The van der Waals surface area contributed by atoms with Crippen LogP contribution in [0.2, 0.25) is 0 Å². The number of hydrogen-bond acceptors (Lipinski definition) is 7. The Labute approximate surface area is 170 Å². The van der Waals surface area contributed by atoms with Gasteiger partial charge in [-0.25, -0.2) is 4.98 Å². The third-order valence-electron chi connectivity index (χ3n) is 6.11. The predicted molar refractivity (Wildman–Crippen MR) is 114 cm³/mol. The normalized spacial score (nSPS) is 19.5. The van der Waals surface area contributed by atoms with Gasteiger partial charge in [-0.3, -0.25) is 0 Å². The van der Waals surface area contributed by atoms with Gasteiger partial charge in [0.15, 0.2) is 0 Å². The van der Waals surface area contributed by atoms with E-state index in [9.17, 15) is 0 Å². The number of nitrogens with two attached hydrogens (primary N) is 1.